The molecule has 9 heteroatoms. The maximum atomic E-state index is 12.9. The molecule has 0 aliphatic carbocycles. The minimum absolute atomic E-state index is 0.238. The zero-order chi connectivity index (χ0) is 22.1. The maximum Gasteiger partial charge on any atom is 0.286 e. The molecule has 3 rings (SSSR count). The first-order chi connectivity index (χ1) is 14.5. The fraction of sp³-hybridized carbons (Fsp3) is 0.524. The molecule has 30 heavy (non-hydrogen) atoms. The molecule has 1 unspecified atom stereocenters. The standard InChI is InChI=1S/C19H24F2N4O2S.C2H6/c1-27-10-15(22)18(26)24-19-23-16(11-28-19)13-3-2-4-14(9-13)25-7-5-12(6-8-25)17(20)21;1-2/h2-4,9,11-12,15,17H,5-8,10,22H2,1H3,(H,23,24,26);1-2H3/p+1. The van der Waals surface area contributed by atoms with Crippen molar-refractivity contribution >= 4 is 28.1 Å². The van der Waals surface area contributed by atoms with Crippen LogP contribution in [0.15, 0.2) is 29.6 Å². The summed E-state index contributed by atoms with van der Waals surface area (Å²) in [5.41, 5.74) is 6.44. The molecular formula is C21H31F2N4O2S+. The number of rotatable bonds is 7. The molecule has 0 spiro atoms. The van der Waals surface area contributed by atoms with Crippen molar-refractivity contribution in [2.24, 2.45) is 5.92 Å². The Morgan fingerprint density at radius 3 is 2.70 bits per heavy atom. The van der Waals surface area contributed by atoms with Gasteiger partial charge in [-0.15, -0.1) is 11.3 Å². The van der Waals surface area contributed by atoms with Crippen LogP contribution in [0.5, 0.6) is 0 Å². The largest absolute Gasteiger partial charge is 0.378 e. The first kappa shape index (κ1) is 24.2. The number of aromatic nitrogens is 1. The van der Waals surface area contributed by atoms with E-state index in [9.17, 15) is 13.6 Å². The maximum absolute atomic E-state index is 12.9. The monoisotopic (exact) mass is 441 g/mol. The van der Waals surface area contributed by atoms with Gasteiger partial charge in [0.2, 0.25) is 6.43 Å². The Morgan fingerprint density at radius 1 is 1.37 bits per heavy atom. The third kappa shape index (κ3) is 6.45. The molecule has 1 aliphatic rings. The topological polar surface area (TPSA) is 82.1 Å². The lowest BCUT2D eigenvalue weighted by molar-refractivity contribution is -0.408. The van der Waals surface area contributed by atoms with Crippen LogP contribution in [0.25, 0.3) is 11.3 Å². The summed E-state index contributed by atoms with van der Waals surface area (Å²) in [5.74, 6) is -0.738. The number of quaternary nitrogens is 1. The normalized spacial score (nSPS) is 15.5. The molecule has 0 bridgehead atoms. The minimum atomic E-state index is -2.24. The highest BCUT2D eigenvalue weighted by Crippen LogP contribution is 2.31. The Morgan fingerprint density at radius 2 is 2.07 bits per heavy atom. The van der Waals surface area contributed by atoms with Gasteiger partial charge in [-0.05, 0) is 25.0 Å². The molecule has 2 heterocycles. The van der Waals surface area contributed by atoms with Crippen LogP contribution in [0.2, 0.25) is 0 Å². The van der Waals surface area contributed by atoms with Crippen LogP contribution < -0.4 is 16.0 Å². The Labute approximate surface area is 180 Å². The first-order valence-corrected chi connectivity index (χ1v) is 11.1. The number of benzene rings is 1. The number of carbonyl (C=O) groups is 1. The number of nitrogens with one attached hydrogen (secondary N) is 1. The van der Waals surface area contributed by atoms with E-state index in [0.29, 0.717) is 31.1 Å². The minimum Gasteiger partial charge on any atom is -0.378 e. The molecule has 1 aromatic heterocycles. The Bertz CT molecular complexity index is 795. The van der Waals surface area contributed by atoms with Crippen LogP contribution in [0.4, 0.5) is 19.6 Å². The van der Waals surface area contributed by atoms with Crippen LogP contribution in [-0.4, -0.2) is 50.2 Å². The molecule has 1 aliphatic heterocycles. The number of amides is 1. The molecule has 2 aromatic rings. The van der Waals surface area contributed by atoms with Gasteiger partial charge in [-0.1, -0.05) is 26.0 Å². The van der Waals surface area contributed by atoms with Crippen molar-refractivity contribution in [3.05, 3.63) is 29.6 Å². The summed E-state index contributed by atoms with van der Waals surface area (Å²) in [7, 11) is 1.52. The molecule has 6 nitrogen and oxygen atoms in total. The molecule has 1 aromatic carbocycles. The van der Waals surface area contributed by atoms with E-state index in [1.54, 1.807) is 0 Å². The van der Waals surface area contributed by atoms with Gasteiger partial charge in [0.25, 0.3) is 5.91 Å². The van der Waals surface area contributed by atoms with Gasteiger partial charge in [-0.3, -0.25) is 10.1 Å². The summed E-state index contributed by atoms with van der Waals surface area (Å²) in [5, 5.41) is 5.14. The number of alkyl halides is 2. The predicted molar refractivity (Wildman–Crippen MR) is 117 cm³/mol. The summed E-state index contributed by atoms with van der Waals surface area (Å²) < 4.78 is 30.7. The zero-order valence-corrected chi connectivity index (χ0v) is 18.6. The number of thiazole rings is 1. The van der Waals surface area contributed by atoms with E-state index in [1.165, 1.54) is 18.4 Å². The number of hydrogen-bond acceptors (Lipinski definition) is 5. The second kappa shape index (κ2) is 11.9. The van der Waals surface area contributed by atoms with Gasteiger partial charge in [-0.25, -0.2) is 13.8 Å². The molecular weight excluding hydrogens is 410 g/mol. The van der Waals surface area contributed by atoms with Crippen LogP contribution in [0.3, 0.4) is 0 Å². The van der Waals surface area contributed by atoms with Crippen molar-refractivity contribution in [2.75, 3.05) is 37.0 Å². The highest BCUT2D eigenvalue weighted by molar-refractivity contribution is 7.14. The van der Waals surface area contributed by atoms with Crippen molar-refractivity contribution in [2.45, 2.75) is 39.2 Å². The van der Waals surface area contributed by atoms with Gasteiger partial charge in [0.15, 0.2) is 11.2 Å². The number of hydrogen-bond donors (Lipinski definition) is 2. The van der Waals surface area contributed by atoms with Crippen LogP contribution in [-0.2, 0) is 9.53 Å². The van der Waals surface area contributed by atoms with Gasteiger partial charge in [0, 0.05) is 42.7 Å². The fourth-order valence-electron chi connectivity index (χ4n) is 3.22. The number of ether oxygens (including phenoxy) is 1. The second-order valence-corrected chi connectivity index (χ2v) is 7.75. The quantitative estimate of drug-likeness (QED) is 0.689. The molecule has 166 valence electrons. The number of anilines is 2. The lowest BCUT2D eigenvalue weighted by Gasteiger charge is -2.33. The smallest absolute Gasteiger partial charge is 0.286 e. The summed E-state index contributed by atoms with van der Waals surface area (Å²) in [4.78, 5) is 18.7. The highest BCUT2D eigenvalue weighted by Gasteiger charge is 2.26. The van der Waals surface area contributed by atoms with Crippen LogP contribution >= 0.6 is 11.3 Å². The van der Waals surface area contributed by atoms with Crippen molar-refractivity contribution in [3.63, 3.8) is 0 Å². The van der Waals surface area contributed by atoms with E-state index in [4.69, 9.17) is 4.74 Å². The average Bonchev–Trinajstić information content (AvgIpc) is 3.24. The third-order valence-corrected chi connectivity index (χ3v) is 5.63. The SMILES string of the molecule is CC.COCC([NH3+])C(=O)Nc1nc(-c2cccc(N3CCC(C(F)F)CC3)c2)cs1. The number of halogens is 2. The zero-order valence-electron chi connectivity index (χ0n) is 17.7. The molecule has 1 atom stereocenters. The van der Waals surface area contributed by atoms with Crippen molar-refractivity contribution in [3.8, 4) is 11.3 Å². The number of nitrogens with zero attached hydrogens (tertiary/aromatic N) is 2. The number of piperidine rings is 1. The van der Waals surface area contributed by atoms with E-state index in [-0.39, 0.29) is 12.5 Å². The van der Waals surface area contributed by atoms with Crippen molar-refractivity contribution in [1.82, 2.24) is 4.98 Å². The molecule has 1 fully saturated rings. The Balaban J connectivity index is 0.00000155. The first-order valence-electron chi connectivity index (χ1n) is 10.2. The number of carbonyl (C=O) groups excluding carboxylic acids is 1. The van der Waals surface area contributed by atoms with Gasteiger partial charge in [0.05, 0.1) is 5.69 Å². The van der Waals surface area contributed by atoms with Gasteiger partial charge in [-0.2, -0.15) is 0 Å². The van der Waals surface area contributed by atoms with E-state index in [0.717, 1.165) is 16.9 Å². The number of methoxy groups -OCH3 is 1. The van der Waals surface area contributed by atoms with E-state index < -0.39 is 18.4 Å². The highest BCUT2D eigenvalue weighted by atomic mass is 32.1. The summed E-state index contributed by atoms with van der Waals surface area (Å²) in [6.07, 6.45) is -1.23. The average molecular weight is 442 g/mol. The third-order valence-electron chi connectivity index (χ3n) is 4.88. The molecule has 1 amide bonds. The Kier molecular flexibility index (Phi) is 9.61. The van der Waals surface area contributed by atoms with Crippen molar-refractivity contribution < 1.29 is 24.0 Å². The van der Waals surface area contributed by atoms with Crippen LogP contribution in [0, 0.1) is 5.92 Å². The molecule has 0 saturated carbocycles. The summed E-state index contributed by atoms with van der Waals surface area (Å²) in [6.45, 7) is 5.50. The predicted octanol–water partition coefficient (Wildman–Crippen LogP) is 3.51. The van der Waals surface area contributed by atoms with Gasteiger partial charge in [0.1, 0.15) is 6.61 Å². The summed E-state index contributed by atoms with van der Waals surface area (Å²) in [6, 6.07) is 7.38. The van der Waals surface area contributed by atoms with Gasteiger partial charge < -0.3 is 15.4 Å². The van der Waals surface area contributed by atoms with Gasteiger partial charge >= 0.3 is 0 Å². The fourth-order valence-corrected chi connectivity index (χ4v) is 3.94. The van der Waals surface area contributed by atoms with E-state index >= 15 is 0 Å². The molecule has 0 radical (unpaired) electrons. The van der Waals surface area contributed by atoms with Crippen LogP contribution in [0.1, 0.15) is 26.7 Å². The van der Waals surface area contributed by atoms with Crippen molar-refractivity contribution in [1.29, 1.82) is 0 Å². The lowest BCUT2D eigenvalue weighted by Crippen LogP contribution is -2.68. The molecule has 4 N–H and O–H groups in total. The molecule has 1 saturated heterocycles. The lowest BCUT2D eigenvalue weighted by atomic mass is 9.97. The Hall–Kier alpha value is -2.10. The van der Waals surface area contributed by atoms with E-state index in [2.05, 4.69) is 20.9 Å². The van der Waals surface area contributed by atoms with E-state index in [1.807, 2.05) is 43.5 Å². The second-order valence-electron chi connectivity index (χ2n) is 6.89. The summed E-state index contributed by atoms with van der Waals surface area (Å²) >= 11 is 1.34.